The first-order chi connectivity index (χ1) is 20.8. The van der Waals surface area contributed by atoms with E-state index in [2.05, 4.69) is 27.1 Å². The maximum absolute atomic E-state index is 12.9. The van der Waals surface area contributed by atoms with E-state index >= 15 is 0 Å². The van der Waals surface area contributed by atoms with Crippen molar-refractivity contribution in [2.75, 3.05) is 30.4 Å². The fraction of sp³-hybridized carbons (Fsp3) is 0.323. The first kappa shape index (κ1) is 30.1. The van der Waals surface area contributed by atoms with Crippen LogP contribution in [0.5, 0.6) is 0 Å². The van der Waals surface area contributed by atoms with Crippen LogP contribution in [0.15, 0.2) is 61.1 Å². The van der Waals surface area contributed by atoms with Gasteiger partial charge in [0.2, 0.25) is 5.91 Å². The number of likely N-dealkylation sites (tertiary alicyclic amines) is 1. The van der Waals surface area contributed by atoms with Gasteiger partial charge in [0, 0.05) is 32.0 Å². The topological polar surface area (TPSA) is 116 Å². The van der Waals surface area contributed by atoms with Crippen LogP contribution in [0.25, 0.3) is 11.0 Å². The number of benzene rings is 2. The third-order valence-electron chi connectivity index (χ3n) is 7.81. The predicted molar refractivity (Wildman–Crippen MR) is 166 cm³/mol. The number of para-hydroxylation sites is 2. The molecule has 1 fully saturated rings. The normalized spacial score (nSPS) is 16.5. The number of likely N-dealkylation sites (N-methyl/N-ethyl adjacent to an activating group) is 1. The summed E-state index contributed by atoms with van der Waals surface area (Å²) in [5, 5.41) is 13.9. The number of ether oxygens (including phenoxy) is 1. The van der Waals surface area contributed by atoms with E-state index < -0.39 is 5.97 Å². The van der Waals surface area contributed by atoms with Gasteiger partial charge in [-0.05, 0) is 42.2 Å². The molecule has 0 bridgehead atoms. The number of fused-ring (bicyclic) bond motifs is 1. The molecule has 12 heteroatoms. The second-order valence-corrected chi connectivity index (χ2v) is 11.4. The number of nitrogens with zero attached hydrogens (tertiary/aromatic N) is 6. The number of hydrogen-bond acceptors (Lipinski definition) is 8. The lowest BCUT2D eigenvalue weighted by Crippen LogP contribution is -2.52. The lowest BCUT2D eigenvalue weighted by atomic mass is 9.92. The molecule has 0 radical (unpaired) electrons. The van der Waals surface area contributed by atoms with Crippen molar-refractivity contribution in [1.29, 1.82) is 5.26 Å². The van der Waals surface area contributed by atoms with Gasteiger partial charge in [-0.3, -0.25) is 14.2 Å². The van der Waals surface area contributed by atoms with Gasteiger partial charge in [-0.2, -0.15) is 5.26 Å². The van der Waals surface area contributed by atoms with Gasteiger partial charge in [0.25, 0.3) is 0 Å². The van der Waals surface area contributed by atoms with Crippen LogP contribution in [0, 0.1) is 17.2 Å². The van der Waals surface area contributed by atoms with E-state index in [9.17, 15) is 9.59 Å². The summed E-state index contributed by atoms with van der Waals surface area (Å²) in [6.07, 6.45) is 4.05. The van der Waals surface area contributed by atoms with E-state index in [0.29, 0.717) is 46.1 Å². The van der Waals surface area contributed by atoms with Crippen LogP contribution in [0.1, 0.15) is 25.3 Å². The molecule has 0 aliphatic carbocycles. The number of carbonyl (C=O) groups is 2. The molecule has 2 atom stereocenters. The monoisotopic (exact) mass is 619 g/mol. The Balaban J connectivity index is 1.27. The Bertz CT molecular complexity index is 1670. The predicted octanol–water partition coefficient (Wildman–Crippen LogP) is 5.81. The Hall–Kier alpha value is -4.33. The fourth-order valence-corrected chi connectivity index (χ4v) is 5.88. The van der Waals surface area contributed by atoms with E-state index in [-0.39, 0.29) is 31.5 Å². The van der Waals surface area contributed by atoms with Gasteiger partial charge in [-0.1, -0.05) is 54.4 Å². The highest BCUT2D eigenvalue weighted by Crippen LogP contribution is 2.34. The molecule has 3 heterocycles. The van der Waals surface area contributed by atoms with Crippen LogP contribution in [-0.2, 0) is 27.5 Å². The molecule has 5 rings (SSSR count). The summed E-state index contributed by atoms with van der Waals surface area (Å²) in [5.74, 6) is 0.473. The summed E-state index contributed by atoms with van der Waals surface area (Å²) in [7, 11) is 1.96. The van der Waals surface area contributed by atoms with Gasteiger partial charge in [0.05, 0.1) is 39.7 Å². The summed E-state index contributed by atoms with van der Waals surface area (Å²) in [6.45, 7) is 3.29. The molecule has 0 saturated carbocycles. The Labute approximate surface area is 259 Å². The minimum atomic E-state index is -0.411. The quantitative estimate of drug-likeness (QED) is 0.233. The van der Waals surface area contributed by atoms with E-state index in [1.807, 2.05) is 49.6 Å². The number of amides is 1. The summed E-state index contributed by atoms with van der Waals surface area (Å²) in [6, 6.07) is 16.5. The zero-order valence-electron chi connectivity index (χ0n) is 23.8. The molecule has 0 unspecified atom stereocenters. The highest BCUT2D eigenvalue weighted by molar-refractivity contribution is 6.39. The van der Waals surface area contributed by atoms with Gasteiger partial charge in [-0.25, -0.2) is 9.97 Å². The minimum Gasteiger partial charge on any atom is -0.444 e. The molecule has 2 aromatic carbocycles. The molecule has 222 valence electrons. The largest absolute Gasteiger partial charge is 0.444 e. The number of esters is 1. The highest BCUT2D eigenvalue weighted by atomic mass is 35.5. The van der Waals surface area contributed by atoms with Crippen molar-refractivity contribution < 1.29 is 14.3 Å². The maximum atomic E-state index is 12.9. The number of piperidine rings is 1. The number of carbonyl (C=O) groups excluding carboxylic acids is 2. The zero-order chi connectivity index (χ0) is 30.5. The molecular formula is C31H31Cl2N7O3. The zero-order valence-corrected chi connectivity index (χ0v) is 25.3. The first-order valence-electron chi connectivity index (χ1n) is 13.9. The summed E-state index contributed by atoms with van der Waals surface area (Å²) < 4.78 is 7.40. The van der Waals surface area contributed by atoms with Crippen molar-refractivity contribution in [2.24, 2.45) is 5.92 Å². The van der Waals surface area contributed by atoms with Crippen molar-refractivity contribution in [3.63, 3.8) is 0 Å². The van der Waals surface area contributed by atoms with E-state index in [1.54, 1.807) is 27.7 Å². The molecule has 1 amide bonds. The van der Waals surface area contributed by atoms with Crippen LogP contribution < -0.4 is 10.2 Å². The fourth-order valence-electron chi connectivity index (χ4n) is 5.39. The molecule has 2 aromatic heterocycles. The molecule has 4 aromatic rings. The Morgan fingerprint density at radius 1 is 1.14 bits per heavy atom. The Morgan fingerprint density at radius 2 is 1.91 bits per heavy atom. The third kappa shape index (κ3) is 6.69. The molecule has 1 aliphatic heterocycles. The van der Waals surface area contributed by atoms with Gasteiger partial charge >= 0.3 is 5.97 Å². The smallest absolute Gasteiger partial charge is 0.312 e. The Kier molecular flexibility index (Phi) is 9.34. The van der Waals surface area contributed by atoms with E-state index in [0.717, 1.165) is 23.2 Å². The summed E-state index contributed by atoms with van der Waals surface area (Å²) >= 11 is 12.6. The molecule has 0 spiro atoms. The molecule has 43 heavy (non-hydrogen) atoms. The van der Waals surface area contributed by atoms with Crippen molar-refractivity contribution >= 4 is 63.3 Å². The van der Waals surface area contributed by atoms with Crippen molar-refractivity contribution in [1.82, 2.24) is 19.4 Å². The summed E-state index contributed by atoms with van der Waals surface area (Å²) in [5.41, 5.74) is 2.62. The summed E-state index contributed by atoms with van der Waals surface area (Å²) in [4.78, 5) is 38.2. The SMILES string of the molecule is C[C@@H]1CCN(C(=O)CC#N)C[C@@H]1N(C)c1ncnc2c1ccn2COC(=O)Cc1ccccc1Nc1c(Cl)cccc1Cl. The number of anilines is 3. The molecule has 10 nitrogen and oxygen atoms in total. The molecule has 1 aliphatic rings. The van der Waals surface area contributed by atoms with Gasteiger partial charge in [0.15, 0.2) is 6.73 Å². The van der Waals surface area contributed by atoms with E-state index in [4.69, 9.17) is 33.2 Å². The van der Waals surface area contributed by atoms with E-state index in [1.165, 1.54) is 6.33 Å². The minimum absolute atomic E-state index is 0.0185. The number of nitrogens with one attached hydrogen (secondary N) is 1. The van der Waals surface area contributed by atoms with Gasteiger partial charge in [-0.15, -0.1) is 0 Å². The Morgan fingerprint density at radius 3 is 2.67 bits per heavy atom. The van der Waals surface area contributed by atoms with Gasteiger partial charge < -0.3 is 19.9 Å². The van der Waals surface area contributed by atoms with Crippen molar-refractivity contribution in [3.05, 3.63) is 76.7 Å². The standard InChI is InChI=1S/C31H31Cl2N7O3/c1-20-11-14-39(27(41)10-13-34)17-26(20)38(2)30-22-12-15-40(31(22)36-18-35-30)19-43-28(42)16-21-6-3-4-9-25(21)37-29-23(32)7-5-8-24(29)33/h3-9,12,15,18,20,26,37H,10-11,14,16-17,19H2,1-2H3/t20-,26+/m1/s1. The molecular weight excluding hydrogens is 589 g/mol. The average molecular weight is 621 g/mol. The third-order valence-corrected chi connectivity index (χ3v) is 8.44. The molecule has 1 N–H and O–H groups in total. The van der Waals surface area contributed by atoms with Crippen LogP contribution in [-0.4, -0.2) is 57.5 Å². The van der Waals surface area contributed by atoms with Crippen LogP contribution in [0.3, 0.4) is 0 Å². The highest BCUT2D eigenvalue weighted by Gasteiger charge is 2.32. The lowest BCUT2D eigenvalue weighted by molar-refractivity contribution is -0.146. The number of nitriles is 1. The maximum Gasteiger partial charge on any atom is 0.312 e. The first-order valence-corrected chi connectivity index (χ1v) is 14.6. The molecule has 1 saturated heterocycles. The second-order valence-electron chi connectivity index (χ2n) is 10.5. The number of hydrogen-bond donors (Lipinski definition) is 1. The average Bonchev–Trinajstić information content (AvgIpc) is 3.42. The number of aromatic nitrogens is 3. The lowest BCUT2D eigenvalue weighted by Gasteiger charge is -2.42. The van der Waals surface area contributed by atoms with Crippen LogP contribution in [0.2, 0.25) is 10.0 Å². The van der Waals surface area contributed by atoms with Crippen LogP contribution in [0.4, 0.5) is 17.2 Å². The van der Waals surface area contributed by atoms with Gasteiger partial charge in [0.1, 0.15) is 24.2 Å². The number of rotatable bonds is 9. The second kappa shape index (κ2) is 13.3. The van der Waals surface area contributed by atoms with Crippen molar-refractivity contribution in [3.8, 4) is 6.07 Å². The number of halogens is 2. The van der Waals surface area contributed by atoms with Crippen molar-refractivity contribution in [2.45, 2.75) is 39.0 Å². The van der Waals surface area contributed by atoms with Crippen LogP contribution >= 0.6 is 23.2 Å².